The van der Waals surface area contributed by atoms with E-state index in [2.05, 4.69) is 0 Å². The molecule has 0 saturated heterocycles. The van der Waals surface area contributed by atoms with Gasteiger partial charge in [0.15, 0.2) is 6.54 Å². The molecule has 0 unspecified atom stereocenters. The van der Waals surface area contributed by atoms with E-state index >= 15 is 0 Å². The molecule has 0 bridgehead atoms. The molecule has 7 heteroatoms. The zero-order chi connectivity index (χ0) is 18.4. The molecule has 2 aromatic carbocycles. The van der Waals surface area contributed by atoms with Crippen molar-refractivity contribution in [3.63, 3.8) is 0 Å². The Morgan fingerprint density at radius 1 is 1.00 bits per heavy atom. The number of aryl methyl sites for hydroxylation is 1. The lowest BCUT2D eigenvalue weighted by molar-refractivity contribution is -0.672. The van der Waals surface area contributed by atoms with Crippen LogP contribution in [-0.4, -0.2) is 21.9 Å². The number of aromatic nitrogens is 2. The number of hydrogen-bond acceptors (Lipinski definition) is 3. The van der Waals surface area contributed by atoms with Crippen LogP contribution in [0.3, 0.4) is 0 Å². The van der Waals surface area contributed by atoms with Gasteiger partial charge in [-0.05, 0) is 24.3 Å². The average molecular weight is 446 g/mol. The summed E-state index contributed by atoms with van der Waals surface area (Å²) in [6, 6.07) is 13.3. The smallest absolute Gasteiger partial charge is 0.245 e. The van der Waals surface area contributed by atoms with Crippen LogP contribution in [0.1, 0.15) is 42.5 Å². The van der Waals surface area contributed by atoms with E-state index in [0.29, 0.717) is 27.4 Å². The minimum absolute atomic E-state index is 0. The number of carbonyl (C=O) groups is 3. The van der Waals surface area contributed by atoms with Crippen molar-refractivity contribution in [3.8, 4) is 0 Å². The van der Waals surface area contributed by atoms with Crippen molar-refractivity contribution in [1.29, 1.82) is 0 Å². The van der Waals surface area contributed by atoms with Crippen LogP contribution in [0.2, 0.25) is 5.02 Å². The summed E-state index contributed by atoms with van der Waals surface area (Å²) >= 11 is 5.86. The van der Waals surface area contributed by atoms with Gasteiger partial charge in [-0.2, -0.15) is 0 Å². The van der Waals surface area contributed by atoms with Crippen LogP contribution >= 0.6 is 11.6 Å². The van der Waals surface area contributed by atoms with Crippen LogP contribution in [0.25, 0.3) is 0 Å². The summed E-state index contributed by atoms with van der Waals surface area (Å²) < 4.78 is 3.14. The summed E-state index contributed by atoms with van der Waals surface area (Å²) in [4.78, 5) is 38.3. The Bertz CT molecular complexity index is 1090. The van der Waals surface area contributed by atoms with Gasteiger partial charge in [0.05, 0.1) is 7.05 Å². The van der Waals surface area contributed by atoms with Gasteiger partial charge in [-0.15, -0.1) is 0 Å². The molecule has 1 heterocycles. The van der Waals surface area contributed by atoms with E-state index in [1.807, 2.05) is 0 Å². The molecular formula is C20H14BrClN2O3. The first-order valence-electron chi connectivity index (χ1n) is 8.03. The van der Waals surface area contributed by atoms with E-state index in [-0.39, 0.29) is 46.6 Å². The van der Waals surface area contributed by atoms with Gasteiger partial charge < -0.3 is 17.0 Å². The van der Waals surface area contributed by atoms with E-state index in [9.17, 15) is 14.4 Å². The van der Waals surface area contributed by atoms with Gasteiger partial charge >= 0.3 is 0 Å². The first kappa shape index (κ1) is 19.2. The SMILES string of the molecule is C[n+]1cn(CC(=O)c2ccc(Cl)cc2)c2c1C(=O)c1ccccc1C2=O.[Br-]. The Kier molecular flexibility index (Phi) is 5.13. The van der Waals surface area contributed by atoms with Crippen molar-refractivity contribution in [2.24, 2.45) is 7.05 Å². The Hall–Kier alpha value is -2.57. The second-order valence-electron chi connectivity index (χ2n) is 6.19. The molecule has 0 radical (unpaired) electrons. The second-order valence-corrected chi connectivity index (χ2v) is 6.62. The van der Waals surface area contributed by atoms with Crippen molar-refractivity contribution in [1.82, 2.24) is 4.57 Å². The Morgan fingerprint density at radius 2 is 1.59 bits per heavy atom. The zero-order valence-corrected chi connectivity index (χ0v) is 16.6. The molecule has 5 nitrogen and oxygen atoms in total. The van der Waals surface area contributed by atoms with Crippen LogP contribution in [0, 0.1) is 0 Å². The molecule has 27 heavy (non-hydrogen) atoms. The van der Waals surface area contributed by atoms with E-state index in [1.54, 1.807) is 71.0 Å². The average Bonchev–Trinajstić information content (AvgIpc) is 2.96. The maximum atomic E-state index is 12.9. The number of halogens is 2. The summed E-state index contributed by atoms with van der Waals surface area (Å²) in [5, 5.41) is 0.545. The third-order valence-corrected chi connectivity index (χ3v) is 4.76. The van der Waals surface area contributed by atoms with Gasteiger partial charge in [0.2, 0.25) is 35.1 Å². The lowest BCUT2D eigenvalue weighted by Crippen LogP contribution is -3.00. The monoisotopic (exact) mass is 444 g/mol. The molecule has 0 saturated carbocycles. The van der Waals surface area contributed by atoms with Crippen LogP contribution in [0.15, 0.2) is 54.9 Å². The maximum absolute atomic E-state index is 12.9. The van der Waals surface area contributed by atoms with E-state index < -0.39 is 0 Å². The molecule has 0 aliphatic heterocycles. The summed E-state index contributed by atoms with van der Waals surface area (Å²) in [5.74, 6) is -0.630. The molecule has 0 fully saturated rings. The Morgan fingerprint density at radius 3 is 2.22 bits per heavy atom. The maximum Gasteiger partial charge on any atom is 0.245 e. The highest BCUT2D eigenvalue weighted by Gasteiger charge is 2.40. The molecule has 1 aromatic heterocycles. The quantitative estimate of drug-likeness (QED) is 0.319. The summed E-state index contributed by atoms with van der Waals surface area (Å²) in [5.41, 5.74) is 1.80. The molecule has 0 N–H and O–H groups in total. The van der Waals surface area contributed by atoms with Gasteiger partial charge in [-0.25, -0.2) is 9.13 Å². The summed E-state index contributed by atoms with van der Waals surface area (Å²) in [6.07, 6.45) is 1.61. The van der Waals surface area contributed by atoms with Crippen molar-refractivity contribution in [2.45, 2.75) is 6.54 Å². The van der Waals surface area contributed by atoms with Crippen molar-refractivity contribution in [2.75, 3.05) is 0 Å². The lowest BCUT2D eigenvalue weighted by atomic mass is 9.90. The number of carbonyl (C=O) groups excluding carboxylic acids is 3. The molecule has 0 amide bonds. The zero-order valence-electron chi connectivity index (χ0n) is 14.3. The minimum Gasteiger partial charge on any atom is -1.00 e. The van der Waals surface area contributed by atoms with Crippen LogP contribution in [0.4, 0.5) is 0 Å². The molecule has 136 valence electrons. The number of rotatable bonds is 3. The standard InChI is InChI=1S/C20H14ClN2O3.BrH/c1-22-11-23(10-16(24)12-6-8-13(21)9-7-12)18-17(22)19(25)14-4-2-3-5-15(14)20(18)26;/h2-9,11H,10H2,1H3;1H/q+1;/p-1. The normalized spacial score (nSPS) is 12.2. The molecule has 1 aliphatic carbocycles. The van der Waals surface area contributed by atoms with E-state index in [1.165, 1.54) is 0 Å². The Balaban J connectivity index is 0.00000210. The second kappa shape index (κ2) is 7.21. The highest BCUT2D eigenvalue weighted by molar-refractivity contribution is 6.30. The first-order valence-corrected chi connectivity index (χ1v) is 8.41. The molecular weight excluding hydrogens is 432 g/mol. The first-order chi connectivity index (χ1) is 12.5. The Labute approximate surface area is 171 Å². The van der Waals surface area contributed by atoms with Crippen molar-refractivity contribution >= 4 is 29.0 Å². The number of hydrogen-bond donors (Lipinski definition) is 0. The number of ketones is 3. The largest absolute Gasteiger partial charge is 1.00 e. The minimum atomic E-state index is -0.250. The molecule has 1 aliphatic rings. The predicted molar refractivity (Wildman–Crippen MR) is 94.7 cm³/mol. The number of fused-ring (bicyclic) bond motifs is 2. The van der Waals surface area contributed by atoms with E-state index in [0.717, 1.165) is 0 Å². The van der Waals surface area contributed by atoms with Gasteiger partial charge in [-0.3, -0.25) is 14.4 Å². The molecule has 3 aromatic rings. The number of nitrogens with zero attached hydrogens (tertiary/aromatic N) is 2. The summed E-state index contributed by atoms with van der Waals surface area (Å²) in [6.45, 7) is -0.0357. The lowest BCUT2D eigenvalue weighted by Gasteiger charge is -2.12. The van der Waals surface area contributed by atoms with Crippen LogP contribution in [0.5, 0.6) is 0 Å². The highest BCUT2D eigenvalue weighted by atomic mass is 79.9. The van der Waals surface area contributed by atoms with Crippen molar-refractivity contribution in [3.05, 3.63) is 88.0 Å². The molecule has 4 rings (SSSR count). The number of Topliss-reactive ketones (excluding diaryl/α,β-unsaturated/α-hetero) is 1. The number of imidazole rings is 1. The van der Waals surface area contributed by atoms with Crippen LogP contribution < -0.4 is 21.5 Å². The van der Waals surface area contributed by atoms with Gasteiger partial charge in [0, 0.05) is 21.7 Å². The van der Waals surface area contributed by atoms with Gasteiger partial charge in [-0.1, -0.05) is 35.9 Å². The predicted octanol–water partition coefficient (Wildman–Crippen LogP) is -0.372. The van der Waals surface area contributed by atoms with Gasteiger partial charge in [0.25, 0.3) is 0 Å². The highest BCUT2D eigenvalue weighted by Crippen LogP contribution is 2.25. The fourth-order valence-electron chi connectivity index (χ4n) is 3.27. The third-order valence-electron chi connectivity index (χ3n) is 4.50. The molecule has 0 atom stereocenters. The third kappa shape index (κ3) is 3.15. The topological polar surface area (TPSA) is 60.0 Å². The fraction of sp³-hybridized carbons (Fsp3) is 0.100. The van der Waals surface area contributed by atoms with Crippen molar-refractivity contribution < 1.29 is 35.9 Å². The van der Waals surface area contributed by atoms with Gasteiger partial charge in [0.1, 0.15) is 0 Å². The van der Waals surface area contributed by atoms with Crippen LogP contribution in [-0.2, 0) is 13.6 Å². The fourth-order valence-corrected chi connectivity index (χ4v) is 3.40. The molecule has 0 spiro atoms. The summed E-state index contributed by atoms with van der Waals surface area (Å²) in [7, 11) is 1.70. The number of benzene rings is 2. The van der Waals surface area contributed by atoms with E-state index in [4.69, 9.17) is 11.6 Å².